The average Bonchev–Trinajstić information content (AvgIpc) is 3.70. The number of amides is 2. The molecule has 0 spiro atoms. The average molecular weight is 557 g/mol. The Balaban J connectivity index is 1.28. The third-order valence-electron chi connectivity index (χ3n) is 7.80. The van der Waals surface area contributed by atoms with Crippen LogP contribution >= 0.6 is 0 Å². The van der Waals surface area contributed by atoms with Crippen LogP contribution in [0.1, 0.15) is 28.2 Å². The Morgan fingerprint density at radius 1 is 1.10 bits per heavy atom. The first-order valence-electron chi connectivity index (χ1n) is 13.8. The predicted molar refractivity (Wildman–Crippen MR) is 153 cm³/mol. The molecule has 0 saturated carbocycles. The number of anilines is 1. The zero-order valence-electron chi connectivity index (χ0n) is 23.1. The highest BCUT2D eigenvalue weighted by Crippen LogP contribution is 2.32. The molecule has 212 valence electrons. The van der Waals surface area contributed by atoms with Crippen LogP contribution in [0.3, 0.4) is 0 Å². The first-order valence-corrected chi connectivity index (χ1v) is 13.8. The van der Waals surface area contributed by atoms with Gasteiger partial charge in [0.15, 0.2) is 0 Å². The fraction of sp³-hybridized carbons (Fsp3) is 0.323. The summed E-state index contributed by atoms with van der Waals surface area (Å²) in [6.45, 7) is 5.66. The molecule has 2 atom stereocenters. The summed E-state index contributed by atoms with van der Waals surface area (Å²) in [5.74, 6) is 0.198. The number of benzene rings is 2. The van der Waals surface area contributed by atoms with Gasteiger partial charge in [0.2, 0.25) is 0 Å². The molecular weight excluding hydrogens is 523 g/mol. The summed E-state index contributed by atoms with van der Waals surface area (Å²) < 4.78 is 26.7. The summed E-state index contributed by atoms with van der Waals surface area (Å²) in [7, 11) is 1.67. The van der Waals surface area contributed by atoms with Crippen LogP contribution in [0.15, 0.2) is 66.9 Å². The molecule has 1 saturated heterocycles. The number of nitrogens with zero attached hydrogens (tertiary/aromatic N) is 4. The van der Waals surface area contributed by atoms with E-state index in [0.29, 0.717) is 44.4 Å². The number of carbonyl (C=O) groups excluding carboxylic acids is 1. The first-order chi connectivity index (χ1) is 20.0. The number of hydrogen-bond acceptors (Lipinski definition) is 6. The molecule has 6 rings (SSSR count). The van der Waals surface area contributed by atoms with Gasteiger partial charge in [-0.05, 0) is 48.4 Å². The molecule has 1 fully saturated rings. The Kier molecular flexibility index (Phi) is 7.78. The maximum absolute atomic E-state index is 14.1. The number of nitrogens with one attached hydrogen (secondary N) is 2. The van der Waals surface area contributed by atoms with Crippen LogP contribution in [0.25, 0.3) is 17.1 Å². The number of halogens is 1. The van der Waals surface area contributed by atoms with Crippen molar-refractivity contribution in [3.05, 3.63) is 94.9 Å². The number of ether oxygens (including phenoxy) is 2. The number of fused-ring (bicyclic) bond motifs is 1. The molecule has 2 aromatic heterocycles. The molecule has 4 heterocycles. The topological polar surface area (TPSA) is 93.5 Å². The van der Waals surface area contributed by atoms with E-state index < -0.39 is 0 Å². The molecule has 2 N–H and O–H groups in total. The molecule has 2 amide bonds. The lowest BCUT2D eigenvalue weighted by molar-refractivity contribution is 0.134. The van der Waals surface area contributed by atoms with Crippen LogP contribution in [-0.4, -0.2) is 65.1 Å². The predicted octanol–water partition coefficient (Wildman–Crippen LogP) is 4.65. The second-order valence-electron chi connectivity index (χ2n) is 10.5. The Morgan fingerprint density at radius 2 is 1.93 bits per heavy atom. The van der Waals surface area contributed by atoms with Gasteiger partial charge in [0.25, 0.3) is 0 Å². The normalized spacial score (nSPS) is 18.4. The molecule has 0 radical (unpaired) electrons. The van der Waals surface area contributed by atoms with Crippen molar-refractivity contribution in [3.8, 4) is 17.1 Å². The zero-order valence-corrected chi connectivity index (χ0v) is 23.1. The molecule has 41 heavy (non-hydrogen) atoms. The molecule has 0 bridgehead atoms. The van der Waals surface area contributed by atoms with Crippen LogP contribution < -0.4 is 10.6 Å². The maximum atomic E-state index is 14.1. The van der Waals surface area contributed by atoms with Crippen LogP contribution in [0.4, 0.5) is 15.0 Å². The number of rotatable bonds is 8. The summed E-state index contributed by atoms with van der Waals surface area (Å²) in [6.07, 6.45) is 1.83. The van der Waals surface area contributed by atoms with Crippen LogP contribution in [0.2, 0.25) is 0 Å². The van der Waals surface area contributed by atoms with E-state index in [2.05, 4.69) is 20.5 Å². The van der Waals surface area contributed by atoms with Crippen molar-refractivity contribution in [2.45, 2.75) is 32.1 Å². The Hall–Kier alpha value is -4.12. The minimum absolute atomic E-state index is 0.0677. The number of likely N-dealkylation sites (tertiary alicyclic amines) is 1. The molecular formula is C31H33FN6O3. The summed E-state index contributed by atoms with van der Waals surface area (Å²) in [4.78, 5) is 20.4. The quantitative estimate of drug-likeness (QED) is 0.328. The number of pyridine rings is 1. The van der Waals surface area contributed by atoms with E-state index in [1.165, 1.54) is 6.07 Å². The second kappa shape index (κ2) is 11.8. The zero-order chi connectivity index (χ0) is 28.3. The highest BCUT2D eigenvalue weighted by molar-refractivity contribution is 5.91. The van der Waals surface area contributed by atoms with E-state index in [0.717, 1.165) is 40.2 Å². The van der Waals surface area contributed by atoms with E-state index in [-0.39, 0.29) is 23.8 Å². The van der Waals surface area contributed by atoms with Gasteiger partial charge >= 0.3 is 6.03 Å². The number of para-hydroxylation sites is 1. The molecule has 4 aromatic rings. The van der Waals surface area contributed by atoms with E-state index in [9.17, 15) is 9.18 Å². The standard InChI is InChI=1S/C31H33FN6O3/c1-20-29(27-14-22-18-41-19-23(22)15-33-27)36-38(25-9-4-3-5-10-25)30(20)35-31(39)34-28-17-37(11-12-40-2)16-26(28)21-7-6-8-24(32)13-21/h3-10,13-15,26,28H,11-12,16-19H2,1-2H3,(H2,34,35,39)/t26-,28+/m0/s1. The fourth-order valence-corrected chi connectivity index (χ4v) is 5.65. The van der Waals surface area contributed by atoms with Crippen molar-refractivity contribution in [1.82, 2.24) is 25.0 Å². The van der Waals surface area contributed by atoms with Crippen molar-refractivity contribution >= 4 is 11.8 Å². The van der Waals surface area contributed by atoms with E-state index >= 15 is 0 Å². The molecule has 2 aromatic carbocycles. The van der Waals surface area contributed by atoms with Gasteiger partial charge in [-0.1, -0.05) is 30.3 Å². The molecule has 10 heteroatoms. The third kappa shape index (κ3) is 5.72. The monoisotopic (exact) mass is 556 g/mol. The van der Waals surface area contributed by atoms with Crippen molar-refractivity contribution < 1.29 is 18.7 Å². The Labute approximate surface area is 238 Å². The van der Waals surface area contributed by atoms with Crippen molar-refractivity contribution in [2.24, 2.45) is 0 Å². The summed E-state index contributed by atoms with van der Waals surface area (Å²) in [5, 5.41) is 11.1. The number of urea groups is 1. The molecule has 0 aliphatic carbocycles. The number of aromatic nitrogens is 3. The second-order valence-corrected chi connectivity index (χ2v) is 10.5. The van der Waals surface area contributed by atoms with Gasteiger partial charge in [0.1, 0.15) is 17.3 Å². The summed E-state index contributed by atoms with van der Waals surface area (Å²) in [5.41, 5.74) is 6.05. The van der Waals surface area contributed by atoms with Gasteiger partial charge in [0, 0.05) is 50.0 Å². The first kappa shape index (κ1) is 27.1. The lowest BCUT2D eigenvalue weighted by atomic mass is 9.94. The molecule has 9 nitrogen and oxygen atoms in total. The van der Waals surface area contributed by atoms with Gasteiger partial charge in [-0.15, -0.1) is 0 Å². The van der Waals surface area contributed by atoms with Crippen LogP contribution in [0.5, 0.6) is 0 Å². The Bertz CT molecular complexity index is 1540. The van der Waals surface area contributed by atoms with Gasteiger partial charge < -0.3 is 14.8 Å². The third-order valence-corrected chi connectivity index (χ3v) is 7.80. The smallest absolute Gasteiger partial charge is 0.320 e. The summed E-state index contributed by atoms with van der Waals surface area (Å²) in [6, 6.07) is 17.7. The van der Waals surface area contributed by atoms with E-state index in [4.69, 9.17) is 14.6 Å². The fourth-order valence-electron chi connectivity index (χ4n) is 5.65. The molecule has 2 aliphatic heterocycles. The van der Waals surface area contributed by atoms with Gasteiger partial charge in [0.05, 0.1) is 37.2 Å². The highest BCUT2D eigenvalue weighted by atomic mass is 19.1. The van der Waals surface area contributed by atoms with Crippen LogP contribution in [0, 0.1) is 12.7 Å². The maximum Gasteiger partial charge on any atom is 0.320 e. The van der Waals surface area contributed by atoms with Gasteiger partial charge in [-0.25, -0.2) is 13.9 Å². The lowest BCUT2D eigenvalue weighted by Gasteiger charge is -2.21. The summed E-state index contributed by atoms with van der Waals surface area (Å²) >= 11 is 0. The number of hydrogen-bond donors (Lipinski definition) is 2. The lowest BCUT2D eigenvalue weighted by Crippen LogP contribution is -2.42. The highest BCUT2D eigenvalue weighted by Gasteiger charge is 2.35. The number of methoxy groups -OCH3 is 1. The Morgan fingerprint density at radius 3 is 2.73 bits per heavy atom. The number of carbonyl (C=O) groups is 1. The van der Waals surface area contributed by atoms with Gasteiger partial charge in [-0.2, -0.15) is 5.10 Å². The minimum atomic E-state index is -0.355. The van der Waals surface area contributed by atoms with Crippen molar-refractivity contribution in [2.75, 3.05) is 38.7 Å². The molecule has 0 unspecified atom stereocenters. The van der Waals surface area contributed by atoms with E-state index in [1.807, 2.05) is 55.6 Å². The minimum Gasteiger partial charge on any atom is -0.383 e. The van der Waals surface area contributed by atoms with Crippen molar-refractivity contribution in [3.63, 3.8) is 0 Å². The largest absolute Gasteiger partial charge is 0.383 e. The van der Waals surface area contributed by atoms with E-state index in [1.54, 1.807) is 23.9 Å². The van der Waals surface area contributed by atoms with Gasteiger partial charge in [-0.3, -0.25) is 15.2 Å². The van der Waals surface area contributed by atoms with Crippen molar-refractivity contribution in [1.29, 1.82) is 0 Å². The van der Waals surface area contributed by atoms with Crippen LogP contribution in [-0.2, 0) is 22.7 Å². The molecule has 2 aliphatic rings. The SMILES string of the molecule is COCCN1C[C@@H](NC(=O)Nc2c(C)c(-c3cc4c(cn3)COC4)nn2-c2ccccc2)[C@H](c2cccc(F)c2)C1.